The Hall–Kier alpha value is -1.67. The summed E-state index contributed by atoms with van der Waals surface area (Å²) in [7, 11) is -1.65. The number of nitrogens with zero attached hydrogens (tertiary/aromatic N) is 1. The van der Waals surface area contributed by atoms with Crippen LogP contribution in [-0.4, -0.2) is 46.3 Å². The normalized spacial score (nSPS) is 13.0. The molecule has 0 heterocycles. The first-order valence-electron chi connectivity index (χ1n) is 7.29. The highest BCUT2D eigenvalue weighted by atomic mass is 32.2. The maximum absolute atomic E-state index is 13.1. The predicted octanol–water partition coefficient (Wildman–Crippen LogP) is 0.861. The molecule has 1 aromatic rings. The molecule has 0 amide bonds. The van der Waals surface area contributed by atoms with Crippen LogP contribution in [0.25, 0.3) is 0 Å². The largest absolute Gasteiger partial charge is 0.356 e. The quantitative estimate of drug-likeness (QED) is 0.506. The summed E-state index contributed by atoms with van der Waals surface area (Å²) in [6.45, 7) is 4.52. The van der Waals surface area contributed by atoms with Gasteiger partial charge in [-0.3, -0.25) is 4.99 Å². The average Bonchev–Trinajstić information content (AvgIpc) is 2.40. The molecule has 0 saturated heterocycles. The van der Waals surface area contributed by atoms with E-state index in [9.17, 15) is 12.8 Å². The summed E-state index contributed by atoms with van der Waals surface area (Å²) in [6.07, 6.45) is 1.78. The Morgan fingerprint density at radius 1 is 1.30 bits per heavy atom. The van der Waals surface area contributed by atoms with Crippen LogP contribution in [0.3, 0.4) is 0 Å². The van der Waals surface area contributed by atoms with E-state index in [1.807, 2.05) is 6.07 Å². The zero-order valence-electron chi connectivity index (χ0n) is 14.0. The van der Waals surface area contributed by atoms with Gasteiger partial charge in [0.25, 0.3) is 0 Å². The van der Waals surface area contributed by atoms with E-state index < -0.39 is 15.6 Å². The Kier molecular flexibility index (Phi) is 6.96. The lowest BCUT2D eigenvalue weighted by atomic mass is 10.1. The Morgan fingerprint density at radius 2 is 2.00 bits per heavy atom. The number of benzene rings is 1. The minimum absolute atomic E-state index is 0.251. The molecule has 23 heavy (non-hydrogen) atoms. The van der Waals surface area contributed by atoms with Crippen LogP contribution in [0.1, 0.15) is 19.4 Å². The first-order valence-corrected chi connectivity index (χ1v) is 9.18. The maximum atomic E-state index is 13.1. The van der Waals surface area contributed by atoms with E-state index in [1.165, 1.54) is 12.1 Å². The zero-order valence-corrected chi connectivity index (χ0v) is 14.8. The molecular formula is C15H25FN4O2S. The molecule has 0 radical (unpaired) electrons. The fraction of sp³-hybridized carbons (Fsp3) is 0.533. The molecule has 0 aromatic heterocycles. The van der Waals surface area contributed by atoms with Crippen LogP contribution in [0.15, 0.2) is 29.3 Å². The van der Waals surface area contributed by atoms with Crippen LogP contribution in [0.5, 0.6) is 0 Å². The molecule has 0 fully saturated rings. The number of halogens is 1. The number of rotatable bonds is 7. The van der Waals surface area contributed by atoms with Crippen molar-refractivity contribution in [3.05, 3.63) is 35.6 Å². The van der Waals surface area contributed by atoms with Crippen molar-refractivity contribution in [2.45, 2.75) is 25.8 Å². The van der Waals surface area contributed by atoms with Crippen molar-refractivity contribution in [3.8, 4) is 0 Å². The van der Waals surface area contributed by atoms with Crippen molar-refractivity contribution in [2.24, 2.45) is 4.99 Å². The highest BCUT2D eigenvalue weighted by Gasteiger charge is 2.22. The number of hydrogen-bond donors (Lipinski definition) is 3. The van der Waals surface area contributed by atoms with Crippen LogP contribution in [0.2, 0.25) is 0 Å². The second-order valence-electron chi connectivity index (χ2n) is 5.99. The van der Waals surface area contributed by atoms with Gasteiger partial charge in [-0.05, 0) is 38.0 Å². The number of sulfonamides is 1. The fourth-order valence-corrected chi connectivity index (χ4v) is 3.16. The summed E-state index contributed by atoms with van der Waals surface area (Å²) in [4.78, 5) is 4.08. The monoisotopic (exact) mass is 344 g/mol. The van der Waals surface area contributed by atoms with E-state index in [1.54, 1.807) is 27.0 Å². The fourth-order valence-electron chi connectivity index (χ4n) is 2.08. The maximum Gasteiger partial charge on any atom is 0.209 e. The van der Waals surface area contributed by atoms with Crippen molar-refractivity contribution in [3.63, 3.8) is 0 Å². The summed E-state index contributed by atoms with van der Waals surface area (Å²) in [6, 6.07) is 6.45. The van der Waals surface area contributed by atoms with E-state index in [0.717, 1.165) is 11.8 Å². The highest BCUT2D eigenvalue weighted by molar-refractivity contribution is 7.88. The van der Waals surface area contributed by atoms with Gasteiger partial charge in [0, 0.05) is 25.7 Å². The molecule has 0 aliphatic heterocycles. The van der Waals surface area contributed by atoms with Crippen LogP contribution < -0.4 is 15.4 Å². The minimum Gasteiger partial charge on any atom is -0.356 e. The van der Waals surface area contributed by atoms with Crippen LogP contribution in [0, 0.1) is 5.82 Å². The first-order chi connectivity index (χ1) is 10.6. The van der Waals surface area contributed by atoms with E-state index in [4.69, 9.17) is 0 Å². The van der Waals surface area contributed by atoms with Gasteiger partial charge in [-0.15, -0.1) is 0 Å². The van der Waals surface area contributed by atoms with E-state index >= 15 is 0 Å². The summed E-state index contributed by atoms with van der Waals surface area (Å²) in [5, 5.41) is 6.18. The van der Waals surface area contributed by atoms with Crippen molar-refractivity contribution in [1.82, 2.24) is 15.4 Å². The highest BCUT2D eigenvalue weighted by Crippen LogP contribution is 2.04. The van der Waals surface area contributed by atoms with Crippen molar-refractivity contribution in [2.75, 3.05) is 26.4 Å². The molecule has 8 heteroatoms. The van der Waals surface area contributed by atoms with E-state index in [2.05, 4.69) is 20.3 Å². The summed E-state index contributed by atoms with van der Waals surface area (Å²) < 4.78 is 38.2. The minimum atomic E-state index is -3.28. The molecule has 0 unspecified atom stereocenters. The number of hydrogen-bond acceptors (Lipinski definition) is 3. The lowest BCUT2D eigenvalue weighted by Gasteiger charge is -2.26. The predicted molar refractivity (Wildman–Crippen MR) is 91.5 cm³/mol. The van der Waals surface area contributed by atoms with Crippen LogP contribution in [0.4, 0.5) is 4.39 Å². The molecule has 130 valence electrons. The lowest BCUT2D eigenvalue weighted by Crippen LogP contribution is -2.53. The van der Waals surface area contributed by atoms with Gasteiger partial charge in [-0.2, -0.15) is 0 Å². The molecule has 3 N–H and O–H groups in total. The van der Waals surface area contributed by atoms with Gasteiger partial charge in [0.2, 0.25) is 10.0 Å². The molecule has 0 aliphatic carbocycles. The molecule has 0 aliphatic rings. The summed E-state index contributed by atoms with van der Waals surface area (Å²) in [5.41, 5.74) is 0.250. The van der Waals surface area contributed by atoms with E-state index in [-0.39, 0.29) is 5.82 Å². The molecule has 1 aromatic carbocycles. The molecular weight excluding hydrogens is 319 g/mol. The molecule has 1 rings (SSSR count). The summed E-state index contributed by atoms with van der Waals surface area (Å²) >= 11 is 0. The molecule has 0 bridgehead atoms. The molecule has 0 spiro atoms. The first kappa shape index (κ1) is 19.4. The van der Waals surface area contributed by atoms with Gasteiger partial charge in [0.05, 0.1) is 6.26 Å². The van der Waals surface area contributed by atoms with Gasteiger partial charge >= 0.3 is 0 Å². The van der Waals surface area contributed by atoms with Gasteiger partial charge < -0.3 is 10.6 Å². The van der Waals surface area contributed by atoms with Gasteiger partial charge in [0.15, 0.2) is 5.96 Å². The third-order valence-corrected chi connectivity index (χ3v) is 3.90. The lowest BCUT2D eigenvalue weighted by molar-refractivity contribution is 0.446. The number of guanidine groups is 1. The Labute approximate surface area is 137 Å². The Balaban J connectivity index is 2.43. The third kappa shape index (κ3) is 8.51. The Morgan fingerprint density at radius 3 is 2.57 bits per heavy atom. The average molecular weight is 344 g/mol. The second kappa shape index (κ2) is 8.26. The van der Waals surface area contributed by atoms with Crippen molar-refractivity contribution >= 4 is 16.0 Å². The zero-order chi connectivity index (χ0) is 17.5. The van der Waals surface area contributed by atoms with Crippen molar-refractivity contribution in [1.29, 1.82) is 0 Å². The second-order valence-corrected chi connectivity index (χ2v) is 7.74. The van der Waals surface area contributed by atoms with Gasteiger partial charge in [0.1, 0.15) is 5.82 Å². The van der Waals surface area contributed by atoms with Crippen LogP contribution in [-0.2, 0) is 16.4 Å². The van der Waals surface area contributed by atoms with Gasteiger partial charge in [-0.1, -0.05) is 12.1 Å². The van der Waals surface area contributed by atoms with E-state index in [0.29, 0.717) is 25.5 Å². The standard InChI is InChI=1S/C15H25FN4O2S/c1-15(2,20-23(4,21)22)11-19-14(17-3)18-9-8-12-6-5-7-13(16)10-12/h5-7,10,20H,8-9,11H2,1-4H3,(H2,17,18,19). The molecule has 0 atom stereocenters. The van der Waals surface area contributed by atoms with Crippen molar-refractivity contribution < 1.29 is 12.8 Å². The molecule has 0 saturated carbocycles. The topological polar surface area (TPSA) is 82.6 Å². The SMILES string of the molecule is CN=C(NCCc1cccc(F)c1)NCC(C)(C)NS(C)(=O)=O. The number of nitrogens with one attached hydrogen (secondary N) is 3. The summed E-state index contributed by atoms with van der Waals surface area (Å²) in [5.74, 6) is 0.309. The van der Waals surface area contributed by atoms with Crippen LogP contribution >= 0.6 is 0 Å². The smallest absolute Gasteiger partial charge is 0.209 e. The molecule has 6 nitrogen and oxygen atoms in total. The van der Waals surface area contributed by atoms with Gasteiger partial charge in [-0.25, -0.2) is 17.5 Å². The Bertz CT molecular complexity index is 645. The number of aliphatic imine (C=N–C) groups is 1. The third-order valence-electron chi connectivity index (χ3n) is 2.98.